The number of nitrogens with zero attached hydrogens (tertiary/aromatic N) is 1. The molecule has 1 saturated carbocycles. The molecule has 2 aliphatic rings. The molecular weight excluding hydrogens is 238 g/mol. The fourth-order valence-corrected chi connectivity index (χ4v) is 3.08. The smallest absolute Gasteiger partial charge is 0.225 e. The Morgan fingerprint density at radius 2 is 2.24 bits per heavy atom. The normalized spacial score (nSPS) is 27.6. The molecule has 0 aromatic rings. The fraction of sp³-hybridized carbons (Fsp3) is 0.923. The summed E-state index contributed by atoms with van der Waals surface area (Å²) in [6.07, 6.45) is 6.04. The summed E-state index contributed by atoms with van der Waals surface area (Å²) in [4.78, 5) is 14.2. The van der Waals surface area contributed by atoms with Crippen LogP contribution in [0.4, 0.5) is 0 Å². The summed E-state index contributed by atoms with van der Waals surface area (Å²) in [5.74, 6) is 1.40. The van der Waals surface area contributed by atoms with Gasteiger partial charge in [-0.1, -0.05) is 0 Å². The molecule has 0 bridgehead atoms. The number of piperidine rings is 1. The summed E-state index contributed by atoms with van der Waals surface area (Å²) in [6, 6.07) is 0. The van der Waals surface area contributed by atoms with E-state index in [0.717, 1.165) is 38.8 Å². The minimum absolute atomic E-state index is 0.148. The van der Waals surface area contributed by atoms with Crippen LogP contribution in [0.5, 0.6) is 0 Å². The highest BCUT2D eigenvalue weighted by Crippen LogP contribution is 2.38. The zero-order valence-corrected chi connectivity index (χ0v) is 11.3. The highest BCUT2D eigenvalue weighted by Gasteiger charge is 2.40. The van der Waals surface area contributed by atoms with E-state index in [4.69, 9.17) is 16.3 Å². The molecule has 0 N–H and O–H groups in total. The lowest BCUT2D eigenvalue weighted by Crippen LogP contribution is -2.47. The molecule has 98 valence electrons. The van der Waals surface area contributed by atoms with E-state index in [1.807, 2.05) is 4.90 Å². The van der Waals surface area contributed by atoms with Crippen molar-refractivity contribution in [2.45, 2.75) is 44.1 Å². The van der Waals surface area contributed by atoms with Gasteiger partial charge in [-0.3, -0.25) is 4.79 Å². The summed E-state index contributed by atoms with van der Waals surface area (Å²) < 4.78 is 5.51. The quantitative estimate of drug-likeness (QED) is 0.726. The van der Waals surface area contributed by atoms with Gasteiger partial charge in [-0.25, -0.2) is 0 Å². The van der Waals surface area contributed by atoms with E-state index < -0.39 is 0 Å². The lowest BCUT2D eigenvalue weighted by molar-refractivity contribution is -0.145. The Morgan fingerprint density at radius 3 is 2.76 bits per heavy atom. The Hall–Kier alpha value is -0.280. The number of carbonyl (C=O) groups excluding carboxylic acids is 1. The second-order valence-electron chi connectivity index (χ2n) is 5.42. The van der Waals surface area contributed by atoms with Crippen LogP contribution >= 0.6 is 11.6 Å². The minimum atomic E-state index is -0.148. The summed E-state index contributed by atoms with van der Waals surface area (Å²) in [5.41, 5.74) is -0.148. The molecule has 0 aromatic carbocycles. The minimum Gasteiger partial charge on any atom is -0.378 e. The van der Waals surface area contributed by atoms with Crippen molar-refractivity contribution < 1.29 is 9.53 Å². The predicted molar refractivity (Wildman–Crippen MR) is 68.2 cm³/mol. The van der Waals surface area contributed by atoms with Crippen molar-refractivity contribution in [2.75, 3.05) is 26.1 Å². The maximum Gasteiger partial charge on any atom is 0.225 e. The number of likely N-dealkylation sites (tertiary alicyclic amines) is 1. The Morgan fingerprint density at radius 1 is 1.47 bits per heavy atom. The Kier molecular flexibility index (Phi) is 4.31. The Bertz CT molecular complexity index is 273. The van der Waals surface area contributed by atoms with Crippen LogP contribution in [0.3, 0.4) is 0 Å². The molecule has 1 atom stereocenters. The van der Waals surface area contributed by atoms with Crippen LogP contribution in [0.25, 0.3) is 0 Å². The van der Waals surface area contributed by atoms with Gasteiger partial charge in [0.05, 0.1) is 12.0 Å². The van der Waals surface area contributed by atoms with Crippen molar-refractivity contribution >= 4 is 17.5 Å². The number of methoxy groups -OCH3 is 1. The largest absolute Gasteiger partial charge is 0.378 e. The van der Waals surface area contributed by atoms with Crippen molar-refractivity contribution in [3.05, 3.63) is 0 Å². The first-order valence-corrected chi connectivity index (χ1v) is 7.11. The molecule has 1 amide bonds. The molecule has 3 nitrogen and oxygen atoms in total. The van der Waals surface area contributed by atoms with Crippen molar-refractivity contribution in [3.63, 3.8) is 0 Å². The van der Waals surface area contributed by atoms with E-state index in [1.165, 1.54) is 6.42 Å². The molecule has 0 radical (unpaired) electrons. The molecule has 2 fully saturated rings. The van der Waals surface area contributed by atoms with Crippen molar-refractivity contribution in [1.82, 2.24) is 4.90 Å². The summed E-state index contributed by atoms with van der Waals surface area (Å²) >= 11 is 5.89. The number of hydrogen-bond donors (Lipinski definition) is 0. The van der Waals surface area contributed by atoms with Crippen molar-refractivity contribution in [1.29, 1.82) is 0 Å². The summed E-state index contributed by atoms with van der Waals surface area (Å²) in [7, 11) is 1.73. The highest BCUT2D eigenvalue weighted by molar-refractivity contribution is 6.18. The van der Waals surface area contributed by atoms with Gasteiger partial charge >= 0.3 is 0 Å². The van der Waals surface area contributed by atoms with Crippen LogP contribution in [0.1, 0.15) is 38.5 Å². The van der Waals surface area contributed by atoms with Gasteiger partial charge in [0.25, 0.3) is 0 Å². The lowest BCUT2D eigenvalue weighted by Gasteiger charge is -2.42. The monoisotopic (exact) mass is 259 g/mol. The molecule has 1 unspecified atom stereocenters. The summed E-state index contributed by atoms with van der Waals surface area (Å²) in [5, 5.41) is 0. The first-order chi connectivity index (χ1) is 8.19. The van der Waals surface area contributed by atoms with Crippen LogP contribution in [0.15, 0.2) is 0 Å². The zero-order chi connectivity index (χ0) is 12.3. The van der Waals surface area contributed by atoms with E-state index in [1.54, 1.807) is 7.11 Å². The number of halogens is 1. The van der Waals surface area contributed by atoms with Crippen LogP contribution in [0.2, 0.25) is 0 Å². The maximum absolute atomic E-state index is 12.2. The number of hydrogen-bond acceptors (Lipinski definition) is 2. The third-order valence-corrected chi connectivity index (χ3v) is 4.70. The second kappa shape index (κ2) is 5.57. The fourth-order valence-electron chi connectivity index (χ4n) is 2.83. The van der Waals surface area contributed by atoms with E-state index in [2.05, 4.69) is 0 Å². The van der Waals surface area contributed by atoms with Crippen molar-refractivity contribution in [2.24, 2.45) is 5.92 Å². The van der Waals surface area contributed by atoms with Crippen molar-refractivity contribution in [3.8, 4) is 0 Å². The van der Waals surface area contributed by atoms with E-state index >= 15 is 0 Å². The molecule has 0 aromatic heterocycles. The van der Waals surface area contributed by atoms with E-state index in [-0.39, 0.29) is 11.5 Å². The van der Waals surface area contributed by atoms with Crippen LogP contribution in [-0.4, -0.2) is 42.5 Å². The molecular formula is C13H22ClNO2. The van der Waals surface area contributed by atoms with Gasteiger partial charge < -0.3 is 9.64 Å². The maximum atomic E-state index is 12.2. The van der Waals surface area contributed by atoms with E-state index in [0.29, 0.717) is 18.2 Å². The second-order valence-corrected chi connectivity index (χ2v) is 5.73. The van der Waals surface area contributed by atoms with Gasteiger partial charge in [-0.05, 0) is 38.0 Å². The van der Waals surface area contributed by atoms with Gasteiger partial charge in [-0.15, -0.1) is 11.6 Å². The molecule has 1 aliphatic carbocycles. The Balaban J connectivity index is 1.86. The highest BCUT2D eigenvalue weighted by atomic mass is 35.5. The molecule has 4 heteroatoms. The number of amides is 1. The molecule has 0 spiro atoms. The predicted octanol–water partition coefficient (Wildman–Crippen LogP) is 2.42. The van der Waals surface area contributed by atoms with Gasteiger partial charge in [0.2, 0.25) is 5.91 Å². The Labute approximate surface area is 108 Å². The SMILES string of the molecule is COC1(CC(=O)N2CCCC(CCl)C2)CCC1. The number of alkyl halides is 1. The summed E-state index contributed by atoms with van der Waals surface area (Å²) in [6.45, 7) is 1.73. The molecule has 1 aliphatic heterocycles. The van der Waals surface area contributed by atoms with Gasteiger partial charge in [0.1, 0.15) is 0 Å². The van der Waals surface area contributed by atoms with Crippen LogP contribution in [0, 0.1) is 5.92 Å². The third kappa shape index (κ3) is 2.94. The molecule has 17 heavy (non-hydrogen) atoms. The topological polar surface area (TPSA) is 29.5 Å². The first-order valence-electron chi connectivity index (χ1n) is 6.58. The van der Waals surface area contributed by atoms with Crippen LogP contribution in [-0.2, 0) is 9.53 Å². The van der Waals surface area contributed by atoms with Gasteiger partial charge in [0, 0.05) is 26.1 Å². The van der Waals surface area contributed by atoms with Gasteiger partial charge in [0.15, 0.2) is 0 Å². The standard InChI is InChI=1S/C13H22ClNO2/c1-17-13(5-3-6-13)8-12(16)15-7-2-4-11(9-14)10-15/h11H,2-10H2,1H3. The first kappa shape index (κ1) is 13.2. The zero-order valence-electron chi connectivity index (χ0n) is 10.6. The number of carbonyl (C=O) groups is 1. The average molecular weight is 260 g/mol. The van der Waals surface area contributed by atoms with Crippen LogP contribution < -0.4 is 0 Å². The number of ether oxygens (including phenoxy) is 1. The van der Waals surface area contributed by atoms with Gasteiger partial charge in [-0.2, -0.15) is 0 Å². The van der Waals surface area contributed by atoms with E-state index in [9.17, 15) is 4.79 Å². The molecule has 2 rings (SSSR count). The molecule has 1 saturated heterocycles. The lowest BCUT2D eigenvalue weighted by atomic mass is 9.77. The molecule has 1 heterocycles. The third-order valence-electron chi connectivity index (χ3n) is 4.26. The average Bonchev–Trinajstić information content (AvgIpc) is 2.33. The number of rotatable bonds is 4.